The largest absolute Gasteiger partial charge is 0.361 e. The summed E-state index contributed by atoms with van der Waals surface area (Å²) in [4.78, 5) is 29.9. The highest BCUT2D eigenvalue weighted by Gasteiger charge is 2.34. The second-order valence-electron chi connectivity index (χ2n) is 9.25. The van der Waals surface area contributed by atoms with Crippen LogP contribution in [0.1, 0.15) is 45.9 Å². The third-order valence-electron chi connectivity index (χ3n) is 6.98. The van der Waals surface area contributed by atoms with Crippen LogP contribution >= 0.6 is 0 Å². The molecule has 0 spiro atoms. The van der Waals surface area contributed by atoms with Crippen LogP contribution in [0.4, 0.5) is 0 Å². The average molecular weight is 464 g/mol. The van der Waals surface area contributed by atoms with E-state index in [2.05, 4.69) is 22.4 Å². The Labute approximate surface area is 200 Å². The summed E-state index contributed by atoms with van der Waals surface area (Å²) in [6.07, 6.45) is 4.58. The molecule has 2 amide bonds. The Morgan fingerprint density at radius 1 is 1.15 bits per heavy atom. The van der Waals surface area contributed by atoms with Crippen LogP contribution in [0.3, 0.4) is 0 Å². The summed E-state index contributed by atoms with van der Waals surface area (Å²) in [5.74, 6) is 1.03. The normalized spacial score (nSPS) is 15.4. The molecular formula is C26H33N5O3. The van der Waals surface area contributed by atoms with Gasteiger partial charge in [-0.15, -0.1) is 0 Å². The Balaban J connectivity index is 1.45. The summed E-state index contributed by atoms with van der Waals surface area (Å²) in [6.45, 7) is 5.08. The fourth-order valence-electron chi connectivity index (χ4n) is 4.89. The van der Waals surface area contributed by atoms with Crippen LogP contribution in [-0.2, 0) is 24.7 Å². The van der Waals surface area contributed by atoms with Gasteiger partial charge in [0.2, 0.25) is 5.91 Å². The average Bonchev–Trinajstić information content (AvgIpc) is 3.42. The molecule has 8 nitrogen and oxygen atoms in total. The molecule has 34 heavy (non-hydrogen) atoms. The summed E-state index contributed by atoms with van der Waals surface area (Å²) in [7, 11) is 3.69. The molecule has 1 aromatic carbocycles. The summed E-state index contributed by atoms with van der Waals surface area (Å²) in [5, 5.41) is 8.27. The van der Waals surface area contributed by atoms with Gasteiger partial charge in [0.15, 0.2) is 0 Å². The van der Waals surface area contributed by atoms with Crippen molar-refractivity contribution < 1.29 is 14.1 Å². The van der Waals surface area contributed by atoms with E-state index in [9.17, 15) is 9.59 Å². The predicted molar refractivity (Wildman–Crippen MR) is 128 cm³/mol. The topological polar surface area (TPSA) is 84.5 Å². The monoisotopic (exact) mass is 463 g/mol. The van der Waals surface area contributed by atoms with E-state index in [-0.39, 0.29) is 17.9 Å². The minimum absolute atomic E-state index is 0.0247. The van der Waals surface area contributed by atoms with E-state index in [1.54, 1.807) is 16.9 Å². The zero-order chi connectivity index (χ0) is 24.2. The number of nitrogens with zero attached hydrogens (tertiary/aromatic N) is 5. The zero-order valence-corrected chi connectivity index (χ0v) is 20.4. The number of likely N-dealkylation sites (N-methyl/N-ethyl adjacent to an activating group) is 1. The highest BCUT2D eigenvalue weighted by atomic mass is 16.5. The van der Waals surface area contributed by atoms with Crippen LogP contribution in [0.2, 0.25) is 0 Å². The SMILES string of the molecule is Cc1noc(C)c1CC(=O)N1CCC(C(Cc2ccccc2)N(C)C(=O)c2ccn(C)n2)CC1. The van der Waals surface area contributed by atoms with Crippen LogP contribution in [-0.4, -0.2) is 62.7 Å². The van der Waals surface area contributed by atoms with Gasteiger partial charge in [-0.05, 0) is 50.7 Å². The van der Waals surface area contributed by atoms with Crippen molar-refractivity contribution in [3.63, 3.8) is 0 Å². The van der Waals surface area contributed by atoms with Crippen molar-refractivity contribution in [3.8, 4) is 0 Å². The van der Waals surface area contributed by atoms with Crippen molar-refractivity contribution in [3.05, 3.63) is 70.9 Å². The number of hydrogen-bond acceptors (Lipinski definition) is 5. The van der Waals surface area contributed by atoms with Gasteiger partial charge in [-0.25, -0.2) is 0 Å². The predicted octanol–water partition coefficient (Wildman–Crippen LogP) is 3.19. The van der Waals surface area contributed by atoms with Gasteiger partial charge < -0.3 is 14.3 Å². The molecule has 1 fully saturated rings. The molecule has 0 N–H and O–H groups in total. The number of piperidine rings is 1. The molecule has 180 valence electrons. The van der Waals surface area contributed by atoms with E-state index < -0.39 is 0 Å². The van der Waals surface area contributed by atoms with Gasteiger partial charge in [-0.1, -0.05) is 35.5 Å². The van der Waals surface area contributed by atoms with Crippen LogP contribution < -0.4 is 0 Å². The number of amides is 2. The molecule has 3 heterocycles. The van der Waals surface area contributed by atoms with Gasteiger partial charge in [0.05, 0.1) is 12.1 Å². The Kier molecular flexibility index (Phi) is 7.14. The first-order valence-electron chi connectivity index (χ1n) is 11.8. The van der Waals surface area contributed by atoms with E-state index in [0.29, 0.717) is 36.9 Å². The second kappa shape index (κ2) is 10.2. The second-order valence-corrected chi connectivity index (χ2v) is 9.25. The number of carbonyl (C=O) groups excluding carboxylic acids is 2. The highest BCUT2D eigenvalue weighted by Crippen LogP contribution is 2.28. The Morgan fingerprint density at radius 3 is 2.44 bits per heavy atom. The third-order valence-corrected chi connectivity index (χ3v) is 6.98. The number of hydrogen-bond donors (Lipinski definition) is 0. The lowest BCUT2D eigenvalue weighted by molar-refractivity contribution is -0.132. The summed E-state index contributed by atoms with van der Waals surface area (Å²) < 4.78 is 6.86. The van der Waals surface area contributed by atoms with Gasteiger partial charge in [-0.2, -0.15) is 5.10 Å². The molecule has 2 aromatic heterocycles. The number of aromatic nitrogens is 3. The third kappa shape index (κ3) is 5.21. The lowest BCUT2D eigenvalue weighted by Crippen LogP contribution is -2.48. The number of rotatable bonds is 7. The van der Waals surface area contributed by atoms with Gasteiger partial charge in [-0.3, -0.25) is 14.3 Å². The summed E-state index contributed by atoms with van der Waals surface area (Å²) >= 11 is 0. The number of likely N-dealkylation sites (tertiary alicyclic amines) is 1. The van der Waals surface area contributed by atoms with Crippen LogP contribution in [0.25, 0.3) is 0 Å². The standard InChI is InChI=1S/C26H33N5O3/c1-18-22(19(2)34-28-18)17-25(32)31-14-10-21(11-15-31)24(16-20-8-6-5-7-9-20)30(4)26(33)23-12-13-29(3)27-23/h5-9,12-13,21,24H,10-11,14-17H2,1-4H3. The van der Waals surface area contributed by atoms with Gasteiger partial charge in [0, 0.05) is 45.0 Å². The Bertz CT molecular complexity index is 1110. The molecule has 1 aliphatic heterocycles. The van der Waals surface area contributed by atoms with Crippen molar-refractivity contribution in [1.29, 1.82) is 0 Å². The molecule has 3 aromatic rings. The number of aryl methyl sites for hydroxylation is 3. The first-order chi connectivity index (χ1) is 16.3. The molecule has 0 radical (unpaired) electrons. The maximum Gasteiger partial charge on any atom is 0.274 e. The maximum absolute atomic E-state index is 13.2. The molecular weight excluding hydrogens is 430 g/mol. The fraction of sp³-hybridized carbons (Fsp3) is 0.462. The maximum atomic E-state index is 13.2. The minimum atomic E-state index is -0.0709. The van der Waals surface area contributed by atoms with E-state index >= 15 is 0 Å². The first kappa shape index (κ1) is 23.7. The van der Waals surface area contributed by atoms with Gasteiger partial charge in [0.1, 0.15) is 11.5 Å². The van der Waals surface area contributed by atoms with Crippen LogP contribution in [0, 0.1) is 19.8 Å². The van der Waals surface area contributed by atoms with Crippen molar-refractivity contribution >= 4 is 11.8 Å². The lowest BCUT2D eigenvalue weighted by atomic mass is 9.84. The Hall–Kier alpha value is -3.42. The molecule has 1 aliphatic rings. The summed E-state index contributed by atoms with van der Waals surface area (Å²) in [6, 6.07) is 12.1. The molecule has 1 saturated heterocycles. The fourth-order valence-corrected chi connectivity index (χ4v) is 4.89. The molecule has 1 unspecified atom stereocenters. The zero-order valence-electron chi connectivity index (χ0n) is 20.4. The summed E-state index contributed by atoms with van der Waals surface area (Å²) in [5.41, 5.74) is 3.31. The first-order valence-corrected chi connectivity index (χ1v) is 11.8. The van der Waals surface area contributed by atoms with Crippen molar-refractivity contribution in [2.24, 2.45) is 13.0 Å². The molecule has 0 bridgehead atoms. The van der Waals surface area contributed by atoms with Crippen LogP contribution in [0.5, 0.6) is 0 Å². The molecule has 0 saturated carbocycles. The quantitative estimate of drug-likeness (QED) is 0.537. The molecule has 1 atom stereocenters. The number of benzene rings is 1. The van der Waals surface area contributed by atoms with Gasteiger partial charge in [0.25, 0.3) is 5.91 Å². The molecule has 0 aliphatic carbocycles. The lowest BCUT2D eigenvalue weighted by Gasteiger charge is -2.40. The van der Waals surface area contributed by atoms with E-state index in [1.807, 2.05) is 55.9 Å². The Morgan fingerprint density at radius 2 is 1.85 bits per heavy atom. The van der Waals surface area contributed by atoms with Crippen molar-refractivity contribution in [2.75, 3.05) is 20.1 Å². The smallest absolute Gasteiger partial charge is 0.274 e. The molecule has 8 heteroatoms. The minimum Gasteiger partial charge on any atom is -0.361 e. The number of carbonyl (C=O) groups is 2. The van der Waals surface area contributed by atoms with Crippen LogP contribution in [0.15, 0.2) is 47.1 Å². The van der Waals surface area contributed by atoms with Crippen molar-refractivity contribution in [2.45, 2.75) is 45.6 Å². The van der Waals surface area contributed by atoms with E-state index in [1.165, 1.54) is 5.56 Å². The van der Waals surface area contributed by atoms with E-state index in [0.717, 1.165) is 30.5 Å². The molecule has 4 rings (SSSR count). The van der Waals surface area contributed by atoms with Gasteiger partial charge >= 0.3 is 0 Å². The highest BCUT2D eigenvalue weighted by molar-refractivity contribution is 5.92. The van der Waals surface area contributed by atoms with Crippen molar-refractivity contribution in [1.82, 2.24) is 24.7 Å². The van der Waals surface area contributed by atoms with E-state index in [4.69, 9.17) is 4.52 Å².